The van der Waals surface area contributed by atoms with Gasteiger partial charge in [0.2, 0.25) is 0 Å². The maximum atomic E-state index is 11.1. The average molecular weight is 457 g/mol. The summed E-state index contributed by atoms with van der Waals surface area (Å²) in [4.78, 5) is 21.1. The van der Waals surface area contributed by atoms with Crippen LogP contribution in [0.5, 0.6) is 5.75 Å². The van der Waals surface area contributed by atoms with Crippen molar-refractivity contribution in [3.63, 3.8) is 0 Å². The second kappa shape index (κ2) is 7.17. The number of phenolic OH excluding ortho intramolecular Hbond substituents is 1. The van der Waals surface area contributed by atoms with Gasteiger partial charge in [0.1, 0.15) is 22.7 Å². The molecular formula is C19H13BrN4O3S. The Balaban J connectivity index is 1.88. The summed E-state index contributed by atoms with van der Waals surface area (Å²) in [6.45, 7) is 2.01. The summed E-state index contributed by atoms with van der Waals surface area (Å²) in [6, 6.07) is 11.7. The molecule has 0 aliphatic carbocycles. The average Bonchev–Trinajstić information content (AvgIpc) is 3.01. The molecule has 0 fully saturated rings. The van der Waals surface area contributed by atoms with Gasteiger partial charge in [-0.2, -0.15) is 0 Å². The van der Waals surface area contributed by atoms with E-state index in [1.54, 1.807) is 11.3 Å². The topological polar surface area (TPSA) is 101 Å². The predicted molar refractivity (Wildman–Crippen MR) is 113 cm³/mol. The number of fused-ring (bicyclic) bond motifs is 1. The van der Waals surface area contributed by atoms with Crippen molar-refractivity contribution in [3.05, 3.63) is 68.3 Å². The Morgan fingerprint density at radius 1 is 1.18 bits per heavy atom. The molecule has 0 saturated carbocycles. The second-order valence-corrected chi connectivity index (χ2v) is 8.15. The lowest BCUT2D eigenvalue weighted by Gasteiger charge is -2.10. The fourth-order valence-electron chi connectivity index (χ4n) is 2.97. The monoisotopic (exact) mass is 456 g/mol. The second-order valence-electron chi connectivity index (χ2n) is 6.03. The van der Waals surface area contributed by atoms with Crippen molar-refractivity contribution in [2.45, 2.75) is 6.92 Å². The van der Waals surface area contributed by atoms with Gasteiger partial charge in [-0.25, -0.2) is 9.97 Å². The van der Waals surface area contributed by atoms with Crippen LogP contribution in [0.4, 0.5) is 17.2 Å². The molecule has 0 aliphatic rings. The Morgan fingerprint density at radius 2 is 1.93 bits per heavy atom. The van der Waals surface area contributed by atoms with Crippen molar-refractivity contribution in [2.75, 3.05) is 5.32 Å². The first-order valence-electron chi connectivity index (χ1n) is 8.18. The normalized spacial score (nSPS) is 10.9. The van der Waals surface area contributed by atoms with Crippen molar-refractivity contribution >= 4 is 54.7 Å². The highest BCUT2D eigenvalue weighted by Crippen LogP contribution is 2.42. The molecule has 9 heteroatoms. The third kappa shape index (κ3) is 3.30. The quantitative estimate of drug-likeness (QED) is 0.229. The van der Waals surface area contributed by atoms with E-state index < -0.39 is 4.92 Å². The molecule has 0 amide bonds. The third-order valence-electron chi connectivity index (χ3n) is 4.24. The highest BCUT2D eigenvalue weighted by molar-refractivity contribution is 9.10. The zero-order valence-electron chi connectivity index (χ0n) is 14.5. The molecule has 2 heterocycles. The molecule has 0 spiro atoms. The Hall–Kier alpha value is -3.04. The summed E-state index contributed by atoms with van der Waals surface area (Å²) in [6.07, 6.45) is 1.43. The first kappa shape index (κ1) is 18.3. The molecule has 0 unspecified atom stereocenters. The fraction of sp³-hybridized carbons (Fsp3) is 0.0526. The van der Waals surface area contributed by atoms with Crippen LogP contribution in [-0.2, 0) is 0 Å². The number of aromatic hydroxyl groups is 1. The number of nitro benzene ring substituents is 1. The molecule has 140 valence electrons. The molecule has 0 aliphatic heterocycles. The number of anilines is 2. The minimum Gasteiger partial charge on any atom is -0.506 e. The summed E-state index contributed by atoms with van der Waals surface area (Å²) < 4.78 is 0.976. The number of hydrogen-bond donors (Lipinski definition) is 2. The van der Waals surface area contributed by atoms with E-state index in [2.05, 4.69) is 31.2 Å². The number of rotatable bonds is 4. The van der Waals surface area contributed by atoms with Crippen molar-refractivity contribution in [1.29, 1.82) is 0 Å². The molecule has 0 bridgehead atoms. The Kier molecular flexibility index (Phi) is 4.70. The molecule has 4 aromatic rings. The third-order valence-corrected chi connectivity index (χ3v) is 5.78. The van der Waals surface area contributed by atoms with Crippen LogP contribution in [0.25, 0.3) is 21.3 Å². The first-order chi connectivity index (χ1) is 13.4. The molecule has 2 N–H and O–H groups in total. The first-order valence-corrected chi connectivity index (χ1v) is 9.79. The van der Waals surface area contributed by atoms with E-state index in [0.717, 1.165) is 30.7 Å². The Labute approximate surface area is 172 Å². The lowest BCUT2D eigenvalue weighted by Crippen LogP contribution is -1.97. The van der Waals surface area contributed by atoms with Crippen LogP contribution in [0.3, 0.4) is 0 Å². The molecule has 2 aromatic heterocycles. The van der Waals surface area contributed by atoms with Crippen LogP contribution in [-0.4, -0.2) is 20.0 Å². The van der Waals surface area contributed by atoms with E-state index in [-0.39, 0.29) is 17.1 Å². The molecular weight excluding hydrogens is 444 g/mol. The molecule has 0 saturated heterocycles. The lowest BCUT2D eigenvalue weighted by molar-refractivity contribution is -0.384. The standard InChI is InChI=1S/C19H13BrN4O3S/c1-10-16(11-2-4-12(20)5-3-11)17-18(21-9-22-19(17)28-10)23-14-8-13(24(26)27)6-7-15(14)25/h2-9,25H,1H3,(H,21,22,23). The summed E-state index contributed by atoms with van der Waals surface area (Å²) in [5.41, 5.74) is 2.08. The van der Waals surface area contributed by atoms with E-state index in [0.29, 0.717) is 5.82 Å². The van der Waals surface area contributed by atoms with E-state index in [4.69, 9.17) is 0 Å². The summed E-state index contributed by atoms with van der Waals surface area (Å²) >= 11 is 4.99. The van der Waals surface area contributed by atoms with Gasteiger partial charge in [0.15, 0.2) is 0 Å². The molecule has 0 atom stereocenters. The lowest BCUT2D eigenvalue weighted by atomic mass is 10.0. The maximum Gasteiger partial charge on any atom is 0.271 e. The van der Waals surface area contributed by atoms with Crippen molar-refractivity contribution in [2.24, 2.45) is 0 Å². The van der Waals surface area contributed by atoms with Crippen LogP contribution in [0.15, 0.2) is 53.3 Å². The Morgan fingerprint density at radius 3 is 2.64 bits per heavy atom. The van der Waals surface area contributed by atoms with Crippen LogP contribution in [0.1, 0.15) is 4.88 Å². The van der Waals surface area contributed by atoms with Crippen molar-refractivity contribution in [1.82, 2.24) is 9.97 Å². The van der Waals surface area contributed by atoms with Gasteiger partial charge in [-0.15, -0.1) is 11.3 Å². The van der Waals surface area contributed by atoms with Crippen LogP contribution in [0.2, 0.25) is 0 Å². The molecule has 28 heavy (non-hydrogen) atoms. The molecule has 4 rings (SSSR count). The minimum absolute atomic E-state index is 0.102. The highest BCUT2D eigenvalue weighted by Gasteiger charge is 2.18. The summed E-state index contributed by atoms with van der Waals surface area (Å²) in [7, 11) is 0. The van der Waals surface area contributed by atoms with Gasteiger partial charge in [0.25, 0.3) is 5.69 Å². The number of nitrogens with zero attached hydrogens (tertiary/aromatic N) is 3. The van der Waals surface area contributed by atoms with Crippen LogP contribution in [0, 0.1) is 17.0 Å². The Bertz CT molecular complexity index is 1210. The van der Waals surface area contributed by atoms with E-state index >= 15 is 0 Å². The SMILES string of the molecule is Cc1sc2ncnc(Nc3cc([N+](=O)[O-])ccc3O)c2c1-c1ccc(Br)cc1. The summed E-state index contributed by atoms with van der Waals surface area (Å²) in [5, 5.41) is 25.0. The van der Waals surface area contributed by atoms with Gasteiger partial charge in [-0.05, 0) is 30.7 Å². The minimum atomic E-state index is -0.512. The molecule has 0 radical (unpaired) electrons. The smallest absolute Gasteiger partial charge is 0.271 e. The van der Waals surface area contributed by atoms with Crippen LogP contribution < -0.4 is 5.32 Å². The number of phenols is 1. The van der Waals surface area contributed by atoms with Gasteiger partial charge in [-0.3, -0.25) is 10.1 Å². The zero-order valence-corrected chi connectivity index (χ0v) is 16.9. The highest BCUT2D eigenvalue weighted by atomic mass is 79.9. The van der Waals surface area contributed by atoms with Gasteiger partial charge in [-0.1, -0.05) is 28.1 Å². The number of non-ortho nitro benzene ring substituents is 1. The van der Waals surface area contributed by atoms with Gasteiger partial charge in [0.05, 0.1) is 16.0 Å². The zero-order chi connectivity index (χ0) is 19.8. The number of nitrogens with one attached hydrogen (secondary N) is 1. The number of nitro groups is 1. The molecule has 7 nitrogen and oxygen atoms in total. The van der Waals surface area contributed by atoms with E-state index in [1.807, 2.05) is 31.2 Å². The number of hydrogen-bond acceptors (Lipinski definition) is 7. The number of benzene rings is 2. The fourth-order valence-corrected chi connectivity index (χ4v) is 4.25. The largest absolute Gasteiger partial charge is 0.506 e. The van der Waals surface area contributed by atoms with E-state index in [9.17, 15) is 15.2 Å². The number of aryl methyl sites for hydroxylation is 1. The van der Waals surface area contributed by atoms with Crippen molar-refractivity contribution < 1.29 is 10.0 Å². The predicted octanol–water partition coefficient (Wildman–Crippen LogP) is 5.79. The summed E-state index contributed by atoms with van der Waals surface area (Å²) in [5.74, 6) is 0.373. The van der Waals surface area contributed by atoms with Crippen molar-refractivity contribution in [3.8, 4) is 16.9 Å². The maximum absolute atomic E-state index is 11.1. The van der Waals surface area contributed by atoms with Gasteiger partial charge in [0, 0.05) is 27.0 Å². The van der Waals surface area contributed by atoms with Gasteiger partial charge < -0.3 is 10.4 Å². The number of halogens is 1. The molecule has 2 aromatic carbocycles. The number of thiophene rings is 1. The van der Waals surface area contributed by atoms with E-state index in [1.165, 1.54) is 24.5 Å². The number of aromatic nitrogens is 2. The van der Waals surface area contributed by atoms with Gasteiger partial charge >= 0.3 is 0 Å². The van der Waals surface area contributed by atoms with Crippen LogP contribution >= 0.6 is 27.3 Å².